The van der Waals surface area contributed by atoms with E-state index in [1.165, 1.54) is 0 Å². The number of hydrogen-bond acceptors (Lipinski definition) is 3. The molecule has 1 saturated heterocycles. The maximum atomic E-state index is 12.7. The molecule has 7 heteroatoms. The zero-order valence-electron chi connectivity index (χ0n) is 12.9. The van der Waals surface area contributed by atoms with Gasteiger partial charge in [0.2, 0.25) is 11.8 Å². The highest BCUT2D eigenvalue weighted by molar-refractivity contribution is 9.10. The molecule has 1 aliphatic rings. The van der Waals surface area contributed by atoms with Crippen molar-refractivity contribution in [2.45, 2.75) is 45.7 Å². The van der Waals surface area contributed by atoms with Gasteiger partial charge in [-0.3, -0.25) is 14.3 Å². The first-order chi connectivity index (χ1) is 9.78. The number of carbonyl (C=O) groups is 2. The first-order valence-electron chi connectivity index (χ1n) is 7.07. The standard InChI is InChI=1S/C14H21BrN4O2/c1-5-14(3)13(21)19(7-6-11(20)16-14)8-10-12(15)9(2)17-18(10)4/h5-8H2,1-4H3,(H,16,20). The Labute approximate surface area is 133 Å². The molecular formula is C14H21BrN4O2. The van der Waals surface area contributed by atoms with Crippen LogP contribution in [0.4, 0.5) is 0 Å². The van der Waals surface area contributed by atoms with Crippen LogP contribution < -0.4 is 5.32 Å². The third-order valence-corrected chi connectivity index (χ3v) is 5.12. The molecule has 2 rings (SSSR count). The topological polar surface area (TPSA) is 67.2 Å². The Bertz CT molecular complexity index is 584. The lowest BCUT2D eigenvalue weighted by atomic mass is 9.97. The third kappa shape index (κ3) is 2.97. The molecule has 2 heterocycles. The van der Waals surface area contributed by atoms with Crippen LogP contribution in [0.3, 0.4) is 0 Å². The molecule has 116 valence electrons. The van der Waals surface area contributed by atoms with Crippen LogP contribution in [0.5, 0.6) is 0 Å². The molecule has 1 aromatic rings. The van der Waals surface area contributed by atoms with Crippen molar-refractivity contribution in [1.82, 2.24) is 20.0 Å². The highest BCUT2D eigenvalue weighted by Crippen LogP contribution is 2.24. The number of amides is 2. The van der Waals surface area contributed by atoms with Crippen molar-refractivity contribution in [2.75, 3.05) is 6.54 Å². The van der Waals surface area contributed by atoms with Gasteiger partial charge in [-0.25, -0.2) is 0 Å². The van der Waals surface area contributed by atoms with Gasteiger partial charge in [-0.15, -0.1) is 0 Å². The first-order valence-corrected chi connectivity index (χ1v) is 7.86. The Morgan fingerprint density at radius 2 is 2.10 bits per heavy atom. The van der Waals surface area contributed by atoms with Gasteiger partial charge in [0.1, 0.15) is 5.54 Å². The van der Waals surface area contributed by atoms with Crippen LogP contribution in [0.2, 0.25) is 0 Å². The van der Waals surface area contributed by atoms with Crippen LogP contribution >= 0.6 is 15.9 Å². The lowest BCUT2D eigenvalue weighted by molar-refractivity contribution is -0.138. The van der Waals surface area contributed by atoms with Gasteiger partial charge in [-0.1, -0.05) is 6.92 Å². The van der Waals surface area contributed by atoms with Crippen LogP contribution in [0.1, 0.15) is 38.1 Å². The number of carbonyl (C=O) groups excluding carboxylic acids is 2. The van der Waals surface area contributed by atoms with Gasteiger partial charge in [-0.2, -0.15) is 5.10 Å². The van der Waals surface area contributed by atoms with Crippen LogP contribution in [-0.4, -0.2) is 38.6 Å². The molecule has 21 heavy (non-hydrogen) atoms. The average molecular weight is 357 g/mol. The van der Waals surface area contributed by atoms with Crippen molar-refractivity contribution < 1.29 is 9.59 Å². The zero-order valence-corrected chi connectivity index (χ0v) is 14.5. The van der Waals surface area contributed by atoms with Crippen molar-refractivity contribution in [2.24, 2.45) is 7.05 Å². The monoisotopic (exact) mass is 356 g/mol. The van der Waals surface area contributed by atoms with Gasteiger partial charge in [0, 0.05) is 20.0 Å². The molecule has 0 aromatic carbocycles. The second-order valence-corrected chi connectivity index (χ2v) is 6.47. The van der Waals surface area contributed by atoms with E-state index in [1.807, 2.05) is 20.9 Å². The van der Waals surface area contributed by atoms with E-state index >= 15 is 0 Å². The van der Waals surface area contributed by atoms with E-state index in [0.717, 1.165) is 15.9 Å². The minimum Gasteiger partial charge on any atom is -0.342 e. The van der Waals surface area contributed by atoms with E-state index in [1.54, 1.807) is 16.5 Å². The molecule has 1 atom stereocenters. The van der Waals surface area contributed by atoms with Crippen LogP contribution in [-0.2, 0) is 23.2 Å². The largest absolute Gasteiger partial charge is 0.342 e. The molecule has 1 aromatic heterocycles. The SMILES string of the molecule is CCC1(C)NC(=O)CCN(Cc2c(Br)c(C)nn2C)C1=O. The smallest absolute Gasteiger partial charge is 0.248 e. The summed E-state index contributed by atoms with van der Waals surface area (Å²) in [5.41, 5.74) is 1.00. The second kappa shape index (κ2) is 5.79. The highest BCUT2D eigenvalue weighted by Gasteiger charge is 2.39. The maximum absolute atomic E-state index is 12.7. The Balaban J connectivity index is 2.30. The summed E-state index contributed by atoms with van der Waals surface area (Å²) in [7, 11) is 1.86. The lowest BCUT2D eigenvalue weighted by Gasteiger charge is -2.31. The summed E-state index contributed by atoms with van der Waals surface area (Å²) in [6.07, 6.45) is 0.898. The van der Waals surface area contributed by atoms with Crippen LogP contribution in [0, 0.1) is 6.92 Å². The van der Waals surface area contributed by atoms with Gasteiger partial charge in [0.05, 0.1) is 22.4 Å². The van der Waals surface area contributed by atoms with Crippen LogP contribution in [0.25, 0.3) is 0 Å². The fourth-order valence-electron chi connectivity index (χ4n) is 2.53. The second-order valence-electron chi connectivity index (χ2n) is 5.68. The Hall–Kier alpha value is -1.37. The van der Waals surface area contributed by atoms with Crippen molar-refractivity contribution >= 4 is 27.7 Å². The molecular weight excluding hydrogens is 336 g/mol. The number of rotatable bonds is 3. The van der Waals surface area contributed by atoms with Crippen molar-refractivity contribution in [3.63, 3.8) is 0 Å². The summed E-state index contributed by atoms with van der Waals surface area (Å²) in [4.78, 5) is 26.3. The molecule has 1 N–H and O–H groups in total. The zero-order chi connectivity index (χ0) is 15.8. The minimum absolute atomic E-state index is 0.0402. The normalized spacial score (nSPS) is 23.2. The van der Waals surface area contributed by atoms with E-state index in [-0.39, 0.29) is 11.8 Å². The Morgan fingerprint density at radius 1 is 1.43 bits per heavy atom. The molecule has 1 fully saturated rings. The molecule has 2 amide bonds. The van der Waals surface area contributed by atoms with Gasteiger partial charge in [0.15, 0.2) is 0 Å². The quantitative estimate of drug-likeness (QED) is 0.892. The van der Waals surface area contributed by atoms with Crippen molar-refractivity contribution in [1.29, 1.82) is 0 Å². The van der Waals surface area contributed by atoms with Crippen LogP contribution in [0.15, 0.2) is 4.47 Å². The summed E-state index contributed by atoms with van der Waals surface area (Å²) in [5, 5.41) is 7.19. The number of nitrogens with zero attached hydrogens (tertiary/aromatic N) is 3. The minimum atomic E-state index is -0.826. The molecule has 1 aliphatic heterocycles. The molecule has 0 spiro atoms. The average Bonchev–Trinajstić information content (AvgIpc) is 2.61. The summed E-state index contributed by atoms with van der Waals surface area (Å²) in [6.45, 7) is 6.48. The van der Waals surface area contributed by atoms with E-state index in [4.69, 9.17) is 0 Å². The van der Waals surface area contributed by atoms with E-state index < -0.39 is 5.54 Å². The highest BCUT2D eigenvalue weighted by atomic mass is 79.9. The predicted octanol–water partition coefficient (Wildman–Crippen LogP) is 1.51. The Morgan fingerprint density at radius 3 is 2.62 bits per heavy atom. The van der Waals surface area contributed by atoms with E-state index in [9.17, 15) is 9.59 Å². The summed E-state index contributed by atoms with van der Waals surface area (Å²) in [6, 6.07) is 0. The summed E-state index contributed by atoms with van der Waals surface area (Å²) < 4.78 is 2.69. The number of aromatic nitrogens is 2. The fraction of sp³-hybridized carbons (Fsp3) is 0.643. The number of halogens is 1. The summed E-state index contributed by atoms with van der Waals surface area (Å²) in [5.74, 6) is -0.114. The lowest BCUT2D eigenvalue weighted by Crippen LogP contribution is -2.54. The maximum Gasteiger partial charge on any atom is 0.248 e. The number of aryl methyl sites for hydroxylation is 2. The molecule has 1 unspecified atom stereocenters. The molecule has 0 bridgehead atoms. The van der Waals surface area contributed by atoms with E-state index in [0.29, 0.717) is 25.9 Å². The fourth-order valence-corrected chi connectivity index (χ4v) is 3.00. The predicted molar refractivity (Wildman–Crippen MR) is 82.5 cm³/mol. The van der Waals surface area contributed by atoms with E-state index in [2.05, 4.69) is 26.3 Å². The molecule has 0 saturated carbocycles. The van der Waals surface area contributed by atoms with Crippen molar-refractivity contribution in [3.05, 3.63) is 15.9 Å². The first kappa shape index (κ1) is 16.0. The van der Waals surface area contributed by atoms with Gasteiger partial charge in [0.25, 0.3) is 0 Å². The third-order valence-electron chi connectivity index (χ3n) is 4.09. The van der Waals surface area contributed by atoms with Gasteiger partial charge >= 0.3 is 0 Å². The number of hydrogen-bond donors (Lipinski definition) is 1. The van der Waals surface area contributed by atoms with Crippen molar-refractivity contribution in [3.8, 4) is 0 Å². The Kier molecular flexibility index (Phi) is 4.41. The summed E-state index contributed by atoms with van der Waals surface area (Å²) >= 11 is 3.52. The van der Waals surface area contributed by atoms with Gasteiger partial charge in [-0.05, 0) is 36.2 Å². The number of nitrogens with one attached hydrogen (secondary N) is 1. The molecule has 6 nitrogen and oxygen atoms in total. The van der Waals surface area contributed by atoms with Gasteiger partial charge < -0.3 is 10.2 Å². The molecule has 0 aliphatic carbocycles. The molecule has 0 radical (unpaired) electrons.